The molecule has 2 heterocycles. The average Bonchev–Trinajstić information content (AvgIpc) is 2.94. The number of aromatic amines is 1. The second-order valence-electron chi connectivity index (χ2n) is 4.20. The minimum Gasteiger partial charge on any atom is -0.395 e. The largest absolute Gasteiger partial charge is 0.395 e. The number of nitrogen functional groups attached to an aromatic ring is 1. The highest BCUT2D eigenvalue weighted by atomic mass is 32.1. The summed E-state index contributed by atoms with van der Waals surface area (Å²) in [6, 6.07) is 0. The fourth-order valence-corrected chi connectivity index (χ4v) is 2.09. The quantitative estimate of drug-likeness (QED) is 0.780. The molecule has 0 saturated carbocycles. The molecule has 0 fully saturated rings. The van der Waals surface area contributed by atoms with Crippen LogP contribution in [0.2, 0.25) is 0 Å². The molecule has 4 N–H and O–H groups in total. The van der Waals surface area contributed by atoms with E-state index in [9.17, 15) is 4.79 Å². The standard InChI is InChI=1S/C11H15N5OS/c1-6(2)9-8(12)10(16-15-9)11(17)14-4-7-3-13-5-18-7/h3,5-6H,4,12H2,1-2H3,(H,14,17)(H,15,16). The SMILES string of the molecule is CC(C)c1[nH]nc(C(=O)NCc2cncs2)c1N. The van der Waals surface area contributed by atoms with E-state index in [1.807, 2.05) is 13.8 Å². The van der Waals surface area contributed by atoms with Crippen molar-refractivity contribution in [2.75, 3.05) is 5.73 Å². The number of rotatable bonds is 4. The van der Waals surface area contributed by atoms with Gasteiger partial charge in [-0.2, -0.15) is 5.10 Å². The van der Waals surface area contributed by atoms with Crippen LogP contribution in [0.4, 0.5) is 5.69 Å². The summed E-state index contributed by atoms with van der Waals surface area (Å²) in [5.74, 6) is -0.0652. The predicted molar refractivity (Wildman–Crippen MR) is 70.4 cm³/mol. The van der Waals surface area contributed by atoms with Crippen molar-refractivity contribution in [3.05, 3.63) is 28.0 Å². The zero-order valence-corrected chi connectivity index (χ0v) is 11.0. The van der Waals surface area contributed by atoms with Crippen LogP contribution in [-0.2, 0) is 6.54 Å². The molecule has 0 aromatic carbocycles. The number of hydrogen-bond acceptors (Lipinski definition) is 5. The van der Waals surface area contributed by atoms with E-state index < -0.39 is 0 Å². The average molecular weight is 265 g/mol. The van der Waals surface area contributed by atoms with Crippen LogP contribution in [0.5, 0.6) is 0 Å². The Labute approximate surface area is 109 Å². The molecule has 0 aliphatic carbocycles. The van der Waals surface area contributed by atoms with Gasteiger partial charge in [-0.3, -0.25) is 14.9 Å². The molecule has 0 bridgehead atoms. The number of nitrogens with zero attached hydrogens (tertiary/aromatic N) is 2. The molecule has 1 amide bonds. The number of carbonyl (C=O) groups excluding carboxylic acids is 1. The lowest BCUT2D eigenvalue weighted by atomic mass is 10.1. The van der Waals surface area contributed by atoms with Gasteiger partial charge in [-0.05, 0) is 5.92 Å². The minimum absolute atomic E-state index is 0.209. The molecule has 0 saturated heterocycles. The third kappa shape index (κ3) is 2.51. The molecule has 18 heavy (non-hydrogen) atoms. The Bertz CT molecular complexity index is 532. The first-order valence-corrected chi connectivity index (χ1v) is 6.47. The molecule has 6 nitrogen and oxygen atoms in total. The number of nitrogens with two attached hydrogens (primary N) is 1. The first kappa shape index (κ1) is 12.6. The van der Waals surface area contributed by atoms with Crippen LogP contribution in [0.25, 0.3) is 0 Å². The molecule has 0 aliphatic rings. The lowest BCUT2D eigenvalue weighted by Gasteiger charge is -2.03. The van der Waals surface area contributed by atoms with Gasteiger partial charge in [0.1, 0.15) is 0 Å². The molecule has 0 radical (unpaired) electrons. The predicted octanol–water partition coefficient (Wildman–Crippen LogP) is 1.50. The fraction of sp³-hybridized carbons (Fsp3) is 0.364. The van der Waals surface area contributed by atoms with Crippen LogP contribution < -0.4 is 11.1 Å². The molecule has 96 valence electrons. The molecule has 0 spiro atoms. The van der Waals surface area contributed by atoms with Crippen molar-refractivity contribution in [2.24, 2.45) is 0 Å². The van der Waals surface area contributed by atoms with Crippen molar-refractivity contribution in [1.82, 2.24) is 20.5 Å². The van der Waals surface area contributed by atoms with Crippen molar-refractivity contribution in [1.29, 1.82) is 0 Å². The van der Waals surface area contributed by atoms with E-state index in [0.717, 1.165) is 10.6 Å². The third-order valence-corrected chi connectivity index (χ3v) is 3.31. The van der Waals surface area contributed by atoms with Gasteiger partial charge < -0.3 is 11.1 Å². The molecular formula is C11H15N5OS. The maximum absolute atomic E-state index is 11.9. The van der Waals surface area contributed by atoms with Crippen LogP contribution in [0, 0.1) is 0 Å². The molecule has 0 atom stereocenters. The number of H-pyrrole nitrogens is 1. The summed E-state index contributed by atoms with van der Waals surface area (Å²) in [5, 5.41) is 9.53. The summed E-state index contributed by atoms with van der Waals surface area (Å²) in [6.45, 7) is 4.42. The molecule has 2 aromatic heterocycles. The van der Waals surface area contributed by atoms with E-state index in [4.69, 9.17) is 5.73 Å². The van der Waals surface area contributed by atoms with Gasteiger partial charge in [0.2, 0.25) is 0 Å². The van der Waals surface area contributed by atoms with E-state index in [0.29, 0.717) is 12.2 Å². The summed E-state index contributed by atoms with van der Waals surface area (Å²) < 4.78 is 0. The van der Waals surface area contributed by atoms with Crippen molar-refractivity contribution < 1.29 is 4.79 Å². The van der Waals surface area contributed by atoms with Gasteiger partial charge in [-0.15, -0.1) is 11.3 Å². The normalized spacial score (nSPS) is 10.8. The maximum atomic E-state index is 11.9. The monoisotopic (exact) mass is 265 g/mol. The first-order chi connectivity index (χ1) is 8.59. The van der Waals surface area contributed by atoms with E-state index >= 15 is 0 Å². The van der Waals surface area contributed by atoms with Gasteiger partial charge >= 0.3 is 0 Å². The summed E-state index contributed by atoms with van der Waals surface area (Å²) in [7, 11) is 0. The van der Waals surface area contributed by atoms with Crippen LogP contribution in [0.3, 0.4) is 0 Å². The zero-order valence-electron chi connectivity index (χ0n) is 10.2. The highest BCUT2D eigenvalue weighted by Crippen LogP contribution is 2.21. The van der Waals surface area contributed by atoms with E-state index in [1.54, 1.807) is 11.7 Å². The van der Waals surface area contributed by atoms with Crippen LogP contribution >= 0.6 is 11.3 Å². The molecule has 0 unspecified atom stereocenters. The van der Waals surface area contributed by atoms with E-state index in [1.165, 1.54) is 11.3 Å². The Morgan fingerprint density at radius 1 is 1.61 bits per heavy atom. The van der Waals surface area contributed by atoms with E-state index in [2.05, 4.69) is 20.5 Å². The van der Waals surface area contributed by atoms with Crippen LogP contribution in [-0.4, -0.2) is 21.1 Å². The Morgan fingerprint density at radius 2 is 2.39 bits per heavy atom. The van der Waals surface area contributed by atoms with Gasteiger partial charge in [0.15, 0.2) is 5.69 Å². The number of carbonyl (C=O) groups is 1. The lowest BCUT2D eigenvalue weighted by Crippen LogP contribution is -2.23. The first-order valence-electron chi connectivity index (χ1n) is 5.59. The number of aromatic nitrogens is 3. The second kappa shape index (κ2) is 5.18. The molecule has 7 heteroatoms. The minimum atomic E-state index is -0.274. The van der Waals surface area contributed by atoms with Gasteiger partial charge in [-0.25, -0.2) is 0 Å². The topological polar surface area (TPSA) is 96.7 Å². The van der Waals surface area contributed by atoms with Crippen molar-refractivity contribution in [2.45, 2.75) is 26.3 Å². The highest BCUT2D eigenvalue weighted by Gasteiger charge is 2.18. The molecule has 2 aromatic rings. The maximum Gasteiger partial charge on any atom is 0.274 e. The fourth-order valence-electron chi connectivity index (χ4n) is 1.56. The van der Waals surface area contributed by atoms with Crippen LogP contribution in [0.15, 0.2) is 11.7 Å². The summed E-state index contributed by atoms with van der Waals surface area (Å²) in [4.78, 5) is 16.8. The van der Waals surface area contributed by atoms with Gasteiger partial charge in [0.05, 0.1) is 23.4 Å². The summed E-state index contributed by atoms with van der Waals surface area (Å²) in [6.07, 6.45) is 1.72. The van der Waals surface area contributed by atoms with Crippen LogP contribution in [0.1, 0.15) is 40.8 Å². The third-order valence-electron chi connectivity index (χ3n) is 2.53. The Hall–Kier alpha value is -1.89. The number of amides is 1. The number of hydrogen-bond donors (Lipinski definition) is 3. The molecule has 2 rings (SSSR count). The second-order valence-corrected chi connectivity index (χ2v) is 5.18. The van der Waals surface area contributed by atoms with Gasteiger partial charge in [0.25, 0.3) is 5.91 Å². The van der Waals surface area contributed by atoms with Crippen molar-refractivity contribution in [3.8, 4) is 0 Å². The Morgan fingerprint density at radius 3 is 2.94 bits per heavy atom. The van der Waals surface area contributed by atoms with E-state index in [-0.39, 0.29) is 17.5 Å². The summed E-state index contributed by atoms with van der Waals surface area (Å²) >= 11 is 1.49. The Kier molecular flexibility index (Phi) is 3.61. The highest BCUT2D eigenvalue weighted by molar-refractivity contribution is 7.09. The lowest BCUT2D eigenvalue weighted by molar-refractivity contribution is 0.0947. The van der Waals surface area contributed by atoms with Gasteiger partial charge in [-0.1, -0.05) is 13.8 Å². The number of anilines is 1. The molecule has 0 aliphatic heterocycles. The number of nitrogens with one attached hydrogen (secondary N) is 2. The van der Waals surface area contributed by atoms with Crippen molar-refractivity contribution >= 4 is 22.9 Å². The molecular weight excluding hydrogens is 250 g/mol. The van der Waals surface area contributed by atoms with Gasteiger partial charge in [0, 0.05) is 11.1 Å². The van der Waals surface area contributed by atoms with Crippen molar-refractivity contribution in [3.63, 3.8) is 0 Å². The number of thiazole rings is 1. The summed E-state index contributed by atoms with van der Waals surface area (Å²) in [5.41, 5.74) is 9.08. The Balaban J connectivity index is 2.05. The smallest absolute Gasteiger partial charge is 0.274 e. The zero-order chi connectivity index (χ0) is 13.1.